The molecule has 0 spiro atoms. The highest BCUT2D eigenvalue weighted by Gasteiger charge is 2.46. The minimum atomic E-state index is -1.20. The van der Waals surface area contributed by atoms with E-state index >= 15 is 0 Å². The first-order valence-electron chi connectivity index (χ1n) is 9.85. The Kier molecular flexibility index (Phi) is 5.31. The van der Waals surface area contributed by atoms with Crippen LogP contribution in [0.1, 0.15) is 22.2 Å². The van der Waals surface area contributed by atoms with Gasteiger partial charge in [0.25, 0.3) is 5.91 Å². The minimum absolute atomic E-state index is 0.0621. The summed E-state index contributed by atoms with van der Waals surface area (Å²) < 4.78 is 21.4. The molecular formula is C25H14BrClFNO4. The molecule has 1 aliphatic rings. The lowest BCUT2D eigenvalue weighted by Crippen LogP contribution is -2.31. The number of fused-ring (bicyclic) bond motifs is 1. The smallest absolute Gasteiger partial charge is 0.294 e. The van der Waals surface area contributed by atoms with Crippen molar-refractivity contribution in [2.75, 3.05) is 4.90 Å². The van der Waals surface area contributed by atoms with Crippen molar-refractivity contribution >= 4 is 55.9 Å². The molecule has 0 fully saturated rings. The molecule has 1 amide bonds. The van der Waals surface area contributed by atoms with E-state index in [-0.39, 0.29) is 16.9 Å². The summed E-state index contributed by atoms with van der Waals surface area (Å²) in [4.78, 5) is 27.8. The average Bonchev–Trinajstić information content (AvgIpc) is 3.33. The van der Waals surface area contributed by atoms with Crippen LogP contribution in [0.4, 0.5) is 10.1 Å². The van der Waals surface area contributed by atoms with Crippen LogP contribution in [0.15, 0.2) is 93.0 Å². The normalized spacial score (nSPS) is 16.2. The third kappa shape index (κ3) is 3.63. The van der Waals surface area contributed by atoms with Gasteiger partial charge in [-0.05, 0) is 54.6 Å². The van der Waals surface area contributed by atoms with Crippen LogP contribution in [0.25, 0.3) is 11.0 Å². The summed E-state index contributed by atoms with van der Waals surface area (Å²) in [6.45, 7) is 0. The second kappa shape index (κ2) is 8.17. The molecule has 5 rings (SSSR count). The van der Waals surface area contributed by atoms with Crippen molar-refractivity contribution in [1.82, 2.24) is 0 Å². The van der Waals surface area contributed by atoms with E-state index in [1.165, 1.54) is 29.2 Å². The van der Waals surface area contributed by atoms with E-state index in [1.807, 2.05) is 0 Å². The molecular weight excluding hydrogens is 513 g/mol. The fourth-order valence-electron chi connectivity index (χ4n) is 3.96. The molecule has 8 heteroatoms. The quantitative estimate of drug-likeness (QED) is 0.298. The summed E-state index contributed by atoms with van der Waals surface area (Å²) in [5.41, 5.74) is 0.605. The molecule has 0 radical (unpaired) electrons. The predicted octanol–water partition coefficient (Wildman–Crippen LogP) is 6.77. The van der Waals surface area contributed by atoms with E-state index < -0.39 is 29.3 Å². The predicted molar refractivity (Wildman–Crippen MR) is 126 cm³/mol. The molecule has 1 atom stereocenters. The van der Waals surface area contributed by atoms with Crippen molar-refractivity contribution in [3.05, 3.63) is 111 Å². The van der Waals surface area contributed by atoms with E-state index in [9.17, 15) is 19.1 Å². The molecule has 4 aromatic rings. The summed E-state index contributed by atoms with van der Waals surface area (Å²) in [5.74, 6) is -2.99. The first kappa shape index (κ1) is 21.4. The van der Waals surface area contributed by atoms with Crippen molar-refractivity contribution in [3.8, 4) is 0 Å². The Balaban J connectivity index is 1.67. The maximum Gasteiger partial charge on any atom is 0.294 e. The number of hydrogen-bond donors (Lipinski definition) is 1. The topological polar surface area (TPSA) is 70.8 Å². The van der Waals surface area contributed by atoms with E-state index in [0.29, 0.717) is 21.7 Å². The number of rotatable bonds is 4. The molecule has 1 aromatic heterocycles. The molecule has 5 nitrogen and oxygen atoms in total. The highest BCUT2D eigenvalue weighted by Crippen LogP contribution is 2.43. The number of halogens is 3. The van der Waals surface area contributed by atoms with Gasteiger partial charge in [0.1, 0.15) is 11.4 Å². The Morgan fingerprint density at radius 2 is 1.79 bits per heavy atom. The van der Waals surface area contributed by atoms with Gasteiger partial charge in [0.2, 0.25) is 5.78 Å². The summed E-state index contributed by atoms with van der Waals surface area (Å²) in [6, 6.07) is 17.6. The molecule has 33 heavy (non-hydrogen) atoms. The van der Waals surface area contributed by atoms with E-state index in [4.69, 9.17) is 16.0 Å². The van der Waals surface area contributed by atoms with E-state index in [0.717, 1.165) is 4.47 Å². The summed E-state index contributed by atoms with van der Waals surface area (Å²) in [7, 11) is 0. The van der Waals surface area contributed by atoms with Crippen LogP contribution in [0.5, 0.6) is 0 Å². The first-order valence-corrected chi connectivity index (χ1v) is 11.0. The maximum absolute atomic E-state index is 14.9. The number of Topliss-reactive ketones (excluding diaryl/α,β-unsaturated/α-hetero) is 1. The number of nitrogens with zero attached hydrogens (tertiary/aromatic N) is 1. The molecule has 164 valence electrons. The fourth-order valence-corrected chi connectivity index (χ4v) is 4.46. The lowest BCUT2D eigenvalue weighted by molar-refractivity contribution is -0.117. The van der Waals surface area contributed by atoms with Gasteiger partial charge in [0.05, 0.1) is 11.6 Å². The van der Waals surface area contributed by atoms with Gasteiger partial charge in [0.15, 0.2) is 11.5 Å². The lowest BCUT2D eigenvalue weighted by Gasteiger charge is -2.27. The number of ketones is 1. The van der Waals surface area contributed by atoms with Crippen LogP contribution >= 0.6 is 27.5 Å². The number of aliphatic hydroxyl groups excluding tert-OH is 1. The first-order chi connectivity index (χ1) is 15.8. The van der Waals surface area contributed by atoms with Gasteiger partial charge >= 0.3 is 0 Å². The lowest BCUT2D eigenvalue weighted by atomic mass is 9.94. The van der Waals surface area contributed by atoms with Crippen molar-refractivity contribution in [2.24, 2.45) is 0 Å². The van der Waals surface area contributed by atoms with Crippen molar-refractivity contribution in [3.63, 3.8) is 0 Å². The van der Waals surface area contributed by atoms with Gasteiger partial charge in [0, 0.05) is 26.1 Å². The van der Waals surface area contributed by atoms with E-state index in [2.05, 4.69) is 15.9 Å². The van der Waals surface area contributed by atoms with Crippen LogP contribution in [0.2, 0.25) is 5.02 Å². The molecule has 0 saturated carbocycles. The maximum atomic E-state index is 14.9. The number of aliphatic hydroxyl groups is 1. The molecule has 1 aliphatic heterocycles. The average molecular weight is 527 g/mol. The van der Waals surface area contributed by atoms with Crippen LogP contribution in [-0.4, -0.2) is 16.8 Å². The van der Waals surface area contributed by atoms with Gasteiger partial charge in [-0.1, -0.05) is 45.7 Å². The molecule has 3 aromatic carbocycles. The second-order valence-corrected chi connectivity index (χ2v) is 8.81. The minimum Gasteiger partial charge on any atom is -0.503 e. The van der Waals surface area contributed by atoms with Crippen molar-refractivity contribution < 1.29 is 23.5 Å². The van der Waals surface area contributed by atoms with Gasteiger partial charge in [-0.25, -0.2) is 4.39 Å². The van der Waals surface area contributed by atoms with Crippen molar-refractivity contribution in [2.45, 2.75) is 6.04 Å². The monoisotopic (exact) mass is 525 g/mol. The second-order valence-electron chi connectivity index (χ2n) is 7.46. The third-order valence-electron chi connectivity index (χ3n) is 5.46. The molecule has 0 saturated heterocycles. The number of carbonyl (C=O) groups excluding carboxylic acids is 2. The Morgan fingerprint density at radius 1 is 1.06 bits per heavy atom. The fraction of sp³-hybridized carbons (Fsp3) is 0.0400. The molecule has 0 bridgehead atoms. The largest absolute Gasteiger partial charge is 0.503 e. The van der Waals surface area contributed by atoms with Crippen LogP contribution in [-0.2, 0) is 4.79 Å². The Hall–Kier alpha value is -3.42. The number of carbonyl (C=O) groups is 2. The van der Waals surface area contributed by atoms with E-state index in [1.54, 1.807) is 48.5 Å². The highest BCUT2D eigenvalue weighted by molar-refractivity contribution is 9.10. The highest BCUT2D eigenvalue weighted by atomic mass is 79.9. The van der Waals surface area contributed by atoms with Crippen LogP contribution in [0, 0.1) is 5.82 Å². The Bertz CT molecular complexity index is 1460. The summed E-state index contributed by atoms with van der Waals surface area (Å²) in [6.07, 6.45) is 0. The standard InChI is InChI=1S/C25H14BrClFNO4/c26-14-5-10-19-13(11-14)12-20(33-19)23(30)21-22(17-3-1-2-4-18(17)28)29(25(32)24(21)31)16-8-6-15(27)7-9-16/h1-12,22,31H. The Labute approximate surface area is 200 Å². The number of hydrogen-bond acceptors (Lipinski definition) is 4. The summed E-state index contributed by atoms with van der Waals surface area (Å²) >= 11 is 9.35. The summed E-state index contributed by atoms with van der Waals surface area (Å²) in [5, 5.41) is 11.9. The van der Waals surface area contributed by atoms with Gasteiger partial charge in [-0.2, -0.15) is 0 Å². The van der Waals surface area contributed by atoms with Crippen LogP contribution < -0.4 is 4.90 Å². The number of furan rings is 1. The number of anilines is 1. The molecule has 2 heterocycles. The zero-order chi connectivity index (χ0) is 23.3. The van der Waals surface area contributed by atoms with Gasteiger partial charge < -0.3 is 9.52 Å². The Morgan fingerprint density at radius 3 is 2.52 bits per heavy atom. The van der Waals surface area contributed by atoms with Crippen LogP contribution in [0.3, 0.4) is 0 Å². The SMILES string of the molecule is O=C(C1=C(O)C(=O)N(c2ccc(Cl)cc2)C1c1ccccc1F)c1cc2cc(Br)ccc2o1. The zero-order valence-electron chi connectivity index (χ0n) is 16.8. The zero-order valence-corrected chi connectivity index (χ0v) is 19.1. The number of benzene rings is 3. The van der Waals surface area contributed by atoms with Crippen molar-refractivity contribution in [1.29, 1.82) is 0 Å². The van der Waals surface area contributed by atoms with Gasteiger partial charge in [-0.3, -0.25) is 14.5 Å². The molecule has 0 aliphatic carbocycles. The number of amides is 1. The molecule has 1 unspecified atom stereocenters. The van der Waals surface area contributed by atoms with Gasteiger partial charge in [-0.15, -0.1) is 0 Å². The molecule has 1 N–H and O–H groups in total. The third-order valence-corrected chi connectivity index (χ3v) is 6.20.